The molecule has 3 aromatic rings. The molecule has 0 aliphatic carbocycles. The van der Waals surface area contributed by atoms with E-state index in [9.17, 15) is 44.3 Å². The molecule has 0 spiro atoms. The Hall–Kier alpha value is -3.44. The first kappa shape index (κ1) is 30.0. The van der Waals surface area contributed by atoms with Crippen LogP contribution in [0.4, 0.5) is 38.0 Å². The van der Waals surface area contributed by atoms with Gasteiger partial charge in [0.25, 0.3) is 5.91 Å². The lowest BCUT2D eigenvalue weighted by Gasteiger charge is -2.30. The number of benzene rings is 1. The highest BCUT2D eigenvalue weighted by Crippen LogP contribution is 2.42. The van der Waals surface area contributed by atoms with E-state index < -0.39 is 51.0 Å². The summed E-state index contributed by atoms with van der Waals surface area (Å²) in [6.45, 7) is -0.632. The van der Waals surface area contributed by atoms with E-state index in [1.165, 1.54) is 19.2 Å². The molecular formula is C24H18ClF6N5O4S2. The van der Waals surface area contributed by atoms with Crippen molar-refractivity contribution >= 4 is 56.2 Å². The van der Waals surface area contributed by atoms with Gasteiger partial charge < -0.3 is 15.1 Å². The monoisotopic (exact) mass is 653 g/mol. The highest BCUT2D eigenvalue weighted by molar-refractivity contribution is 7.91. The molecule has 9 nitrogen and oxygen atoms in total. The third kappa shape index (κ3) is 5.64. The molecule has 4 heterocycles. The lowest BCUT2D eigenvalue weighted by molar-refractivity contribution is -0.186. The molecule has 1 N–H and O–H groups in total. The molecule has 0 saturated carbocycles. The number of sulfone groups is 1. The van der Waals surface area contributed by atoms with Crippen molar-refractivity contribution in [1.82, 2.24) is 19.8 Å². The lowest BCUT2D eigenvalue weighted by Crippen LogP contribution is -2.43. The number of fused-ring (bicyclic) bond motifs is 2. The van der Waals surface area contributed by atoms with Crippen LogP contribution >= 0.6 is 22.9 Å². The van der Waals surface area contributed by atoms with Gasteiger partial charge >= 0.3 is 18.3 Å². The minimum Gasteiger partial charge on any atom is -0.340 e. The highest BCUT2D eigenvalue weighted by atomic mass is 35.5. The van der Waals surface area contributed by atoms with Gasteiger partial charge in [0, 0.05) is 32.9 Å². The van der Waals surface area contributed by atoms with Crippen molar-refractivity contribution in [2.75, 3.05) is 31.2 Å². The van der Waals surface area contributed by atoms with Crippen LogP contribution in [0.1, 0.15) is 26.4 Å². The Labute approximate surface area is 243 Å². The lowest BCUT2D eigenvalue weighted by atomic mass is 9.99. The quantitative estimate of drug-likeness (QED) is 0.399. The van der Waals surface area contributed by atoms with Gasteiger partial charge in [-0.3, -0.25) is 9.59 Å². The van der Waals surface area contributed by atoms with Crippen molar-refractivity contribution in [2.24, 2.45) is 0 Å². The number of rotatable bonds is 3. The van der Waals surface area contributed by atoms with Gasteiger partial charge in [-0.15, -0.1) is 11.3 Å². The number of amides is 2. The summed E-state index contributed by atoms with van der Waals surface area (Å²) in [6, 6.07) is 3.80. The largest absolute Gasteiger partial charge is 0.471 e. The Bertz CT molecular complexity index is 1720. The summed E-state index contributed by atoms with van der Waals surface area (Å²) in [7, 11) is -2.58. The van der Waals surface area contributed by atoms with Crippen LogP contribution in [0.25, 0.3) is 10.6 Å². The van der Waals surface area contributed by atoms with Crippen LogP contribution in [-0.4, -0.2) is 72.1 Å². The van der Waals surface area contributed by atoms with E-state index in [-0.39, 0.29) is 57.4 Å². The van der Waals surface area contributed by atoms with Gasteiger partial charge in [-0.1, -0.05) is 11.6 Å². The number of thiophene rings is 1. The fraction of sp³-hybridized carbons (Fsp3) is 0.333. The fourth-order valence-corrected chi connectivity index (χ4v) is 7.77. The maximum absolute atomic E-state index is 13.9. The van der Waals surface area contributed by atoms with Crippen LogP contribution in [0.15, 0.2) is 29.3 Å². The summed E-state index contributed by atoms with van der Waals surface area (Å²) in [5.41, 5.74) is -0.889. The molecule has 18 heteroatoms. The molecule has 2 aliphatic heterocycles. The van der Waals surface area contributed by atoms with E-state index in [4.69, 9.17) is 11.6 Å². The van der Waals surface area contributed by atoms with Crippen LogP contribution in [0, 0.1) is 0 Å². The molecule has 224 valence electrons. The van der Waals surface area contributed by atoms with E-state index >= 15 is 0 Å². The Kier molecular flexibility index (Phi) is 7.42. The smallest absolute Gasteiger partial charge is 0.340 e. The van der Waals surface area contributed by atoms with Gasteiger partial charge in [0.15, 0.2) is 9.84 Å². The number of aromatic nitrogens is 2. The van der Waals surface area contributed by atoms with Crippen molar-refractivity contribution < 1.29 is 44.3 Å². The summed E-state index contributed by atoms with van der Waals surface area (Å²) in [6.07, 6.45) is -9.40. The minimum absolute atomic E-state index is 0.0253. The topological polar surface area (TPSA) is 113 Å². The van der Waals surface area contributed by atoms with Crippen LogP contribution in [0.5, 0.6) is 0 Å². The second kappa shape index (κ2) is 10.4. The first-order valence-corrected chi connectivity index (χ1v) is 14.8. The maximum Gasteiger partial charge on any atom is 0.471 e. The number of nitrogens with one attached hydrogen (secondary N) is 1. The zero-order chi connectivity index (χ0) is 30.8. The molecule has 1 aromatic carbocycles. The first-order chi connectivity index (χ1) is 19.5. The number of alkyl halides is 6. The summed E-state index contributed by atoms with van der Waals surface area (Å²) in [5.74, 6) is -3.39. The average molecular weight is 654 g/mol. The normalized spacial score (nSPS) is 17.0. The first-order valence-electron chi connectivity index (χ1n) is 12.0. The third-order valence-electron chi connectivity index (χ3n) is 6.67. The Morgan fingerprint density at radius 2 is 1.81 bits per heavy atom. The predicted molar refractivity (Wildman–Crippen MR) is 139 cm³/mol. The Balaban J connectivity index is 1.51. The molecule has 2 aliphatic rings. The number of hydrogen-bond acceptors (Lipinski definition) is 8. The standard InChI is InChI=1S/C24H18ClF6N5O4S2/c1-35-4-5-42(39,40)17-8-16(41-19(17)20(35)37)18-13(23(26,27)28)9-32-22(34-18)33-15-7-11-2-3-36(21(38)24(29,30)31)10-12(11)6-14(15)25/h6-9H,2-5,10H2,1H3,(H,32,33,34). The number of hydrogen-bond donors (Lipinski definition) is 1. The van der Waals surface area contributed by atoms with Gasteiger partial charge in [-0.2, -0.15) is 26.3 Å². The molecule has 0 unspecified atom stereocenters. The van der Waals surface area contributed by atoms with Crippen LogP contribution < -0.4 is 5.32 Å². The average Bonchev–Trinajstić information content (AvgIpc) is 3.34. The van der Waals surface area contributed by atoms with Gasteiger partial charge in [-0.25, -0.2) is 18.4 Å². The molecular weight excluding hydrogens is 636 g/mol. The van der Waals surface area contributed by atoms with Crippen molar-refractivity contribution in [2.45, 2.75) is 30.2 Å². The molecule has 0 fully saturated rings. The van der Waals surface area contributed by atoms with Crippen molar-refractivity contribution in [3.63, 3.8) is 0 Å². The summed E-state index contributed by atoms with van der Waals surface area (Å²) in [4.78, 5) is 33.0. The van der Waals surface area contributed by atoms with Crippen LogP contribution in [0.3, 0.4) is 0 Å². The molecule has 5 rings (SSSR count). The second-order valence-corrected chi connectivity index (χ2v) is 13.0. The summed E-state index contributed by atoms with van der Waals surface area (Å²) < 4.78 is 106. The van der Waals surface area contributed by atoms with E-state index in [1.54, 1.807) is 0 Å². The zero-order valence-electron chi connectivity index (χ0n) is 21.2. The Morgan fingerprint density at radius 1 is 1.10 bits per heavy atom. The van der Waals surface area contributed by atoms with Gasteiger partial charge in [0.1, 0.15) is 10.4 Å². The van der Waals surface area contributed by atoms with E-state index in [0.717, 1.165) is 11.0 Å². The highest BCUT2D eigenvalue weighted by Gasteiger charge is 2.43. The van der Waals surface area contributed by atoms with Crippen molar-refractivity contribution in [3.8, 4) is 10.6 Å². The van der Waals surface area contributed by atoms with Crippen molar-refractivity contribution in [3.05, 3.63) is 51.0 Å². The fourth-order valence-electron chi connectivity index (χ4n) is 4.50. The second-order valence-electron chi connectivity index (χ2n) is 9.50. The predicted octanol–water partition coefficient (Wildman–Crippen LogP) is 4.93. The molecule has 2 amide bonds. The van der Waals surface area contributed by atoms with Gasteiger partial charge in [0.2, 0.25) is 5.95 Å². The minimum atomic E-state index is -5.03. The zero-order valence-corrected chi connectivity index (χ0v) is 23.6. The SMILES string of the molecule is CN1CCS(=O)(=O)c2cc(-c3nc(Nc4cc5c(cc4Cl)CN(C(=O)C(F)(F)F)CC5)ncc3C(F)(F)F)sc2C1=O. The molecule has 0 atom stereocenters. The molecule has 2 aromatic heterocycles. The summed E-state index contributed by atoms with van der Waals surface area (Å²) in [5, 5.41) is 2.68. The number of carbonyl (C=O) groups excluding carboxylic acids is 2. The molecule has 0 saturated heterocycles. The number of anilines is 2. The number of halogens is 7. The number of nitrogens with zero attached hydrogens (tertiary/aromatic N) is 4. The molecule has 42 heavy (non-hydrogen) atoms. The van der Waals surface area contributed by atoms with Crippen LogP contribution in [-0.2, 0) is 33.8 Å². The van der Waals surface area contributed by atoms with Crippen LogP contribution in [0.2, 0.25) is 5.02 Å². The van der Waals surface area contributed by atoms with E-state index in [2.05, 4.69) is 15.3 Å². The van der Waals surface area contributed by atoms with Crippen molar-refractivity contribution in [1.29, 1.82) is 0 Å². The Morgan fingerprint density at radius 3 is 2.48 bits per heavy atom. The van der Waals surface area contributed by atoms with Gasteiger partial charge in [0.05, 0.1) is 31.9 Å². The third-order valence-corrected chi connectivity index (χ3v) is 9.96. The molecule has 0 radical (unpaired) electrons. The van der Waals surface area contributed by atoms with Gasteiger partial charge in [-0.05, 0) is 35.7 Å². The maximum atomic E-state index is 13.9. The summed E-state index contributed by atoms with van der Waals surface area (Å²) >= 11 is 6.86. The molecule has 0 bridgehead atoms. The number of carbonyl (C=O) groups is 2. The van der Waals surface area contributed by atoms with E-state index in [0.29, 0.717) is 33.6 Å². The van der Waals surface area contributed by atoms with E-state index in [1.807, 2.05) is 0 Å².